The van der Waals surface area contributed by atoms with E-state index in [1.54, 1.807) is 0 Å². The van der Waals surface area contributed by atoms with E-state index in [1.165, 1.54) is 83.6 Å². The molecule has 262 valence electrons. The van der Waals surface area contributed by atoms with Crippen molar-refractivity contribution < 1.29 is 0 Å². The molecule has 1 heterocycles. The predicted octanol–water partition coefficient (Wildman–Crippen LogP) is 15.0. The number of hydrogen-bond acceptors (Lipinski definition) is 1. The second kappa shape index (κ2) is 14.3. The fraction of sp³-hybridized carbons (Fsp3) is 0.0741. The van der Waals surface area contributed by atoms with E-state index in [1.807, 2.05) is 0 Å². The second-order valence-electron chi connectivity index (χ2n) is 14.8. The number of fused-ring (bicyclic) bond motifs is 3. The SMILES string of the molecule is C1=CCCC(c2cc3c(cc2-c2ccc4c(c2)N(c2ccccc2)c2cc(-c5cc(-c6ccccc6)cc(-c6ccccc6)c5)ccc2C=C4)C=CCC3)=C1. The zero-order valence-electron chi connectivity index (χ0n) is 30.8. The van der Waals surface area contributed by atoms with Crippen molar-refractivity contribution in [3.8, 4) is 44.5 Å². The van der Waals surface area contributed by atoms with Gasteiger partial charge in [0.15, 0.2) is 0 Å². The summed E-state index contributed by atoms with van der Waals surface area (Å²) in [6.07, 6.45) is 20.4. The zero-order chi connectivity index (χ0) is 36.6. The number of hydrogen-bond donors (Lipinski definition) is 0. The Kier molecular flexibility index (Phi) is 8.54. The summed E-state index contributed by atoms with van der Waals surface area (Å²) in [6.45, 7) is 0. The molecule has 0 N–H and O–H groups in total. The molecule has 0 bridgehead atoms. The van der Waals surface area contributed by atoms with Gasteiger partial charge in [0.05, 0.1) is 11.4 Å². The van der Waals surface area contributed by atoms with Gasteiger partial charge >= 0.3 is 0 Å². The van der Waals surface area contributed by atoms with Crippen LogP contribution in [-0.4, -0.2) is 0 Å². The molecule has 7 aromatic rings. The lowest BCUT2D eigenvalue weighted by atomic mass is 9.84. The summed E-state index contributed by atoms with van der Waals surface area (Å²) in [4.78, 5) is 2.47. The Balaban J connectivity index is 1.15. The molecule has 1 nitrogen and oxygen atoms in total. The fourth-order valence-electron chi connectivity index (χ4n) is 8.47. The van der Waals surface area contributed by atoms with E-state index in [2.05, 4.69) is 205 Å². The quantitative estimate of drug-likeness (QED) is 0.167. The molecule has 0 amide bonds. The van der Waals surface area contributed by atoms with Gasteiger partial charge in [0.1, 0.15) is 0 Å². The first-order valence-corrected chi connectivity index (χ1v) is 19.5. The molecule has 7 aromatic carbocycles. The lowest BCUT2D eigenvalue weighted by molar-refractivity contribution is 0.982. The largest absolute Gasteiger partial charge is 0.309 e. The minimum Gasteiger partial charge on any atom is -0.309 e. The molecule has 0 spiro atoms. The minimum absolute atomic E-state index is 1.07. The Bertz CT molecular complexity index is 2620. The Labute approximate surface area is 324 Å². The van der Waals surface area contributed by atoms with Gasteiger partial charge in [0, 0.05) is 5.69 Å². The van der Waals surface area contributed by atoms with Gasteiger partial charge in [-0.05, 0) is 152 Å². The minimum atomic E-state index is 1.07. The molecule has 0 aromatic heterocycles. The van der Waals surface area contributed by atoms with Crippen molar-refractivity contribution >= 4 is 40.9 Å². The summed E-state index contributed by atoms with van der Waals surface area (Å²) >= 11 is 0. The van der Waals surface area contributed by atoms with E-state index >= 15 is 0 Å². The summed E-state index contributed by atoms with van der Waals surface area (Å²) in [7, 11) is 0. The van der Waals surface area contributed by atoms with Gasteiger partial charge in [-0.15, -0.1) is 0 Å². The molecule has 0 saturated heterocycles. The molecule has 55 heavy (non-hydrogen) atoms. The Morgan fingerprint density at radius 1 is 0.382 bits per heavy atom. The van der Waals surface area contributed by atoms with Crippen LogP contribution in [0.25, 0.3) is 68.3 Å². The van der Waals surface area contributed by atoms with Crippen LogP contribution in [0, 0.1) is 0 Å². The van der Waals surface area contributed by atoms with Crippen LogP contribution >= 0.6 is 0 Å². The summed E-state index contributed by atoms with van der Waals surface area (Å²) in [6, 6.07) is 58.3. The van der Waals surface area contributed by atoms with Crippen molar-refractivity contribution in [3.05, 3.63) is 210 Å². The highest BCUT2D eigenvalue weighted by Gasteiger charge is 2.23. The van der Waals surface area contributed by atoms with Crippen LogP contribution in [0.5, 0.6) is 0 Å². The van der Waals surface area contributed by atoms with Gasteiger partial charge in [-0.3, -0.25) is 0 Å². The van der Waals surface area contributed by atoms with Gasteiger partial charge in [0.2, 0.25) is 0 Å². The Morgan fingerprint density at radius 2 is 0.964 bits per heavy atom. The first kappa shape index (κ1) is 32.9. The summed E-state index contributed by atoms with van der Waals surface area (Å²) in [5, 5.41) is 0. The zero-order valence-corrected chi connectivity index (χ0v) is 30.8. The average Bonchev–Trinajstić information content (AvgIpc) is 3.43. The van der Waals surface area contributed by atoms with Gasteiger partial charge in [0.25, 0.3) is 0 Å². The van der Waals surface area contributed by atoms with Crippen molar-refractivity contribution in [3.63, 3.8) is 0 Å². The van der Waals surface area contributed by atoms with Crippen molar-refractivity contribution in [1.29, 1.82) is 0 Å². The van der Waals surface area contributed by atoms with Crippen LogP contribution in [0.1, 0.15) is 47.1 Å². The topological polar surface area (TPSA) is 3.24 Å². The third-order valence-corrected chi connectivity index (χ3v) is 11.3. The average molecular weight is 704 g/mol. The maximum absolute atomic E-state index is 2.48. The van der Waals surface area contributed by atoms with E-state index in [0.29, 0.717) is 0 Å². The molecule has 1 heteroatoms. The number of aryl methyl sites for hydroxylation is 1. The maximum atomic E-state index is 2.48. The van der Waals surface area contributed by atoms with Crippen molar-refractivity contribution in [1.82, 2.24) is 0 Å². The van der Waals surface area contributed by atoms with Crippen LogP contribution < -0.4 is 4.90 Å². The van der Waals surface area contributed by atoms with E-state index in [-0.39, 0.29) is 0 Å². The molecule has 10 rings (SSSR count). The van der Waals surface area contributed by atoms with Gasteiger partial charge in [-0.1, -0.05) is 152 Å². The monoisotopic (exact) mass is 703 g/mol. The van der Waals surface area contributed by atoms with Gasteiger partial charge in [-0.25, -0.2) is 0 Å². The van der Waals surface area contributed by atoms with Crippen LogP contribution in [0.4, 0.5) is 17.1 Å². The van der Waals surface area contributed by atoms with Crippen LogP contribution in [0.3, 0.4) is 0 Å². The van der Waals surface area contributed by atoms with Crippen LogP contribution in [0.15, 0.2) is 182 Å². The molecule has 0 radical (unpaired) electrons. The molecule has 3 aliphatic rings. The summed E-state index contributed by atoms with van der Waals surface area (Å²) < 4.78 is 0. The fourth-order valence-corrected chi connectivity index (χ4v) is 8.47. The second-order valence-corrected chi connectivity index (χ2v) is 14.8. The molecule has 2 aliphatic carbocycles. The van der Waals surface area contributed by atoms with E-state index in [9.17, 15) is 0 Å². The van der Waals surface area contributed by atoms with Gasteiger partial charge < -0.3 is 4.90 Å². The predicted molar refractivity (Wildman–Crippen MR) is 236 cm³/mol. The highest BCUT2D eigenvalue weighted by atomic mass is 15.1. The van der Waals surface area contributed by atoms with E-state index in [4.69, 9.17) is 0 Å². The molecule has 0 unspecified atom stereocenters. The Hall–Kier alpha value is -6.70. The lowest BCUT2D eigenvalue weighted by Gasteiger charge is -2.29. The van der Waals surface area contributed by atoms with Crippen LogP contribution in [-0.2, 0) is 6.42 Å². The highest BCUT2D eigenvalue weighted by molar-refractivity contribution is 5.97. The number of para-hydroxylation sites is 1. The molecular weight excluding hydrogens is 663 g/mol. The number of benzene rings is 7. The Morgan fingerprint density at radius 3 is 1.60 bits per heavy atom. The van der Waals surface area contributed by atoms with Gasteiger partial charge in [-0.2, -0.15) is 0 Å². The third-order valence-electron chi connectivity index (χ3n) is 11.3. The number of anilines is 3. The first-order valence-electron chi connectivity index (χ1n) is 19.5. The van der Waals surface area contributed by atoms with Crippen molar-refractivity contribution in [2.75, 3.05) is 4.90 Å². The number of nitrogens with zero attached hydrogens (tertiary/aromatic N) is 1. The summed E-state index contributed by atoms with van der Waals surface area (Å²) in [5.41, 5.74) is 21.2. The highest BCUT2D eigenvalue weighted by Crippen LogP contribution is 2.46. The van der Waals surface area contributed by atoms with Crippen LogP contribution in [0.2, 0.25) is 0 Å². The molecular formula is C54H41N. The smallest absolute Gasteiger partial charge is 0.0540 e. The molecule has 0 saturated carbocycles. The van der Waals surface area contributed by atoms with E-state index in [0.717, 1.165) is 37.1 Å². The summed E-state index contributed by atoms with van der Waals surface area (Å²) in [5.74, 6) is 0. The molecule has 0 fully saturated rings. The normalized spacial score (nSPS) is 14.1. The van der Waals surface area contributed by atoms with Crippen molar-refractivity contribution in [2.24, 2.45) is 0 Å². The molecule has 0 atom stereocenters. The number of allylic oxidation sites excluding steroid dienone is 5. The molecule has 1 aliphatic heterocycles. The third kappa shape index (κ3) is 6.38. The van der Waals surface area contributed by atoms with E-state index < -0.39 is 0 Å². The lowest BCUT2D eigenvalue weighted by Crippen LogP contribution is -2.12. The van der Waals surface area contributed by atoms with Crippen molar-refractivity contribution in [2.45, 2.75) is 25.7 Å². The number of rotatable bonds is 6. The maximum Gasteiger partial charge on any atom is 0.0540 e. The standard InChI is InChI=1S/C54H41N/c1-5-15-38(16-6-1)47-31-48(39-17-7-2-8-18-39)33-49(32-47)45-29-27-41-25-26-42-28-30-46(37-54(42)55(53(41)36-45)50-23-11-4-12-24-50)52-35-44-22-14-13-21-43(44)34-51(52)40-19-9-3-10-20-40/h1-9,11-12,14-19,22-37H,10,13,20-21H2. The first-order chi connectivity index (χ1) is 27.2.